The lowest BCUT2D eigenvalue weighted by Gasteiger charge is -2.23. The van der Waals surface area contributed by atoms with Crippen LogP contribution in [0.5, 0.6) is 0 Å². The highest BCUT2D eigenvalue weighted by molar-refractivity contribution is 5.24. The van der Waals surface area contributed by atoms with Crippen molar-refractivity contribution in [2.45, 2.75) is 71.9 Å². The Kier molecular flexibility index (Phi) is 5.03. The first-order valence-electron chi connectivity index (χ1n) is 7.82. The summed E-state index contributed by atoms with van der Waals surface area (Å²) < 4.78 is 1.99. The molecular weight excluding hydrogens is 234 g/mol. The normalized spacial score (nSPS) is 19.4. The molecule has 1 saturated carbocycles. The molecule has 0 spiro atoms. The maximum atomic E-state index is 4.49. The average molecular weight is 263 g/mol. The van der Waals surface area contributed by atoms with Gasteiger partial charge in [-0.2, -0.15) is 5.10 Å². The summed E-state index contributed by atoms with van der Waals surface area (Å²) in [4.78, 5) is 0. The minimum atomic E-state index is 0.622. The maximum absolute atomic E-state index is 4.49. The smallest absolute Gasteiger partial charge is 0.0641 e. The molecule has 3 heteroatoms. The van der Waals surface area contributed by atoms with Gasteiger partial charge in [0.15, 0.2) is 0 Å². The molecule has 0 radical (unpaired) electrons. The Morgan fingerprint density at radius 1 is 1.21 bits per heavy atom. The highest BCUT2D eigenvalue weighted by Crippen LogP contribution is 2.25. The zero-order valence-corrected chi connectivity index (χ0v) is 13.0. The Bertz CT molecular complexity index is 400. The number of hydrogen-bond donors (Lipinski definition) is 1. The van der Waals surface area contributed by atoms with Crippen LogP contribution in [0.15, 0.2) is 0 Å². The van der Waals surface area contributed by atoms with Crippen LogP contribution in [0.4, 0.5) is 0 Å². The second-order valence-electron chi connectivity index (χ2n) is 6.19. The van der Waals surface area contributed by atoms with Crippen LogP contribution in [0.25, 0.3) is 0 Å². The van der Waals surface area contributed by atoms with Crippen LogP contribution in [0.1, 0.15) is 62.4 Å². The fourth-order valence-electron chi connectivity index (χ4n) is 3.31. The standard InChI is InChI=1S/C16H29N3/c1-12(15-9-7-5-6-8-10-15)17-11-16-13(2)18-19(4)14(16)3/h12,15,17H,5-11H2,1-4H3/t12-/m0/s1. The molecule has 1 aromatic rings. The second-order valence-corrected chi connectivity index (χ2v) is 6.19. The first-order valence-corrected chi connectivity index (χ1v) is 7.82. The molecule has 0 unspecified atom stereocenters. The summed E-state index contributed by atoms with van der Waals surface area (Å²) in [5.41, 5.74) is 3.83. The van der Waals surface area contributed by atoms with E-state index in [1.165, 1.54) is 55.5 Å². The molecule has 1 aliphatic rings. The minimum Gasteiger partial charge on any atom is -0.310 e. The lowest BCUT2D eigenvalue weighted by atomic mass is 9.93. The monoisotopic (exact) mass is 263 g/mol. The van der Waals surface area contributed by atoms with Gasteiger partial charge in [-0.3, -0.25) is 4.68 Å². The molecule has 0 bridgehead atoms. The second kappa shape index (κ2) is 6.56. The molecule has 1 fully saturated rings. The van der Waals surface area contributed by atoms with Gasteiger partial charge in [-0.05, 0) is 39.5 Å². The van der Waals surface area contributed by atoms with Crippen molar-refractivity contribution < 1.29 is 0 Å². The van der Waals surface area contributed by atoms with Gasteiger partial charge >= 0.3 is 0 Å². The summed E-state index contributed by atoms with van der Waals surface area (Å²) in [6, 6.07) is 0.622. The van der Waals surface area contributed by atoms with Crippen molar-refractivity contribution in [1.29, 1.82) is 0 Å². The van der Waals surface area contributed by atoms with E-state index in [1.807, 2.05) is 11.7 Å². The summed E-state index contributed by atoms with van der Waals surface area (Å²) in [7, 11) is 2.03. The highest BCUT2D eigenvalue weighted by Gasteiger charge is 2.19. The third-order valence-electron chi connectivity index (χ3n) is 4.87. The summed E-state index contributed by atoms with van der Waals surface area (Å²) in [6.07, 6.45) is 8.51. The van der Waals surface area contributed by atoms with Crippen molar-refractivity contribution in [2.24, 2.45) is 13.0 Å². The predicted octanol–water partition coefficient (Wildman–Crippen LogP) is 3.49. The van der Waals surface area contributed by atoms with Gasteiger partial charge < -0.3 is 5.32 Å². The summed E-state index contributed by atoms with van der Waals surface area (Å²) in [5, 5.41) is 8.23. The Balaban J connectivity index is 1.90. The largest absolute Gasteiger partial charge is 0.310 e. The third-order valence-corrected chi connectivity index (χ3v) is 4.87. The van der Waals surface area contributed by atoms with Crippen molar-refractivity contribution in [3.63, 3.8) is 0 Å². The zero-order chi connectivity index (χ0) is 13.8. The van der Waals surface area contributed by atoms with Gasteiger partial charge in [-0.15, -0.1) is 0 Å². The molecule has 19 heavy (non-hydrogen) atoms. The van der Waals surface area contributed by atoms with E-state index in [-0.39, 0.29) is 0 Å². The first-order chi connectivity index (χ1) is 9.09. The highest BCUT2D eigenvalue weighted by atomic mass is 15.3. The van der Waals surface area contributed by atoms with E-state index in [9.17, 15) is 0 Å². The fraction of sp³-hybridized carbons (Fsp3) is 0.812. The number of nitrogens with zero attached hydrogens (tertiary/aromatic N) is 2. The van der Waals surface area contributed by atoms with Crippen LogP contribution in [-0.2, 0) is 13.6 Å². The SMILES string of the molecule is Cc1nn(C)c(C)c1CN[C@@H](C)C1CCCCCC1. The van der Waals surface area contributed by atoms with Crippen molar-refractivity contribution in [3.05, 3.63) is 17.0 Å². The molecular formula is C16H29N3. The van der Waals surface area contributed by atoms with Gasteiger partial charge in [0.25, 0.3) is 0 Å². The Morgan fingerprint density at radius 3 is 2.37 bits per heavy atom. The fourth-order valence-corrected chi connectivity index (χ4v) is 3.31. The average Bonchev–Trinajstić information content (AvgIpc) is 2.62. The summed E-state index contributed by atoms with van der Waals surface area (Å²) >= 11 is 0. The van der Waals surface area contributed by atoms with Crippen molar-refractivity contribution in [3.8, 4) is 0 Å². The van der Waals surface area contributed by atoms with E-state index < -0.39 is 0 Å². The van der Waals surface area contributed by atoms with E-state index in [1.54, 1.807) is 0 Å². The number of rotatable bonds is 4. The Labute approximate surface area is 117 Å². The first kappa shape index (κ1) is 14.6. The van der Waals surface area contributed by atoms with Crippen LogP contribution < -0.4 is 5.32 Å². The molecule has 0 amide bonds. The number of hydrogen-bond acceptors (Lipinski definition) is 2. The molecule has 3 nitrogen and oxygen atoms in total. The van der Waals surface area contributed by atoms with Crippen molar-refractivity contribution in [1.82, 2.24) is 15.1 Å². The molecule has 1 aliphatic carbocycles. The van der Waals surface area contributed by atoms with Crippen LogP contribution in [-0.4, -0.2) is 15.8 Å². The van der Waals surface area contributed by atoms with E-state index >= 15 is 0 Å². The number of aryl methyl sites for hydroxylation is 2. The lowest BCUT2D eigenvalue weighted by molar-refractivity contribution is 0.336. The summed E-state index contributed by atoms with van der Waals surface area (Å²) in [6.45, 7) is 7.59. The number of nitrogens with one attached hydrogen (secondary N) is 1. The van der Waals surface area contributed by atoms with Gasteiger partial charge in [0, 0.05) is 30.9 Å². The quantitative estimate of drug-likeness (QED) is 0.843. The van der Waals surface area contributed by atoms with Crippen molar-refractivity contribution >= 4 is 0 Å². The lowest BCUT2D eigenvalue weighted by Crippen LogP contribution is -2.33. The van der Waals surface area contributed by atoms with Gasteiger partial charge in [-0.1, -0.05) is 25.7 Å². The molecule has 2 rings (SSSR count). The zero-order valence-electron chi connectivity index (χ0n) is 13.0. The van der Waals surface area contributed by atoms with Gasteiger partial charge in [-0.25, -0.2) is 0 Å². The van der Waals surface area contributed by atoms with Crippen LogP contribution in [0.3, 0.4) is 0 Å². The predicted molar refractivity (Wildman–Crippen MR) is 80.2 cm³/mol. The van der Waals surface area contributed by atoms with Crippen LogP contribution >= 0.6 is 0 Å². The third kappa shape index (κ3) is 3.59. The Hall–Kier alpha value is -0.830. The van der Waals surface area contributed by atoms with E-state index in [0.29, 0.717) is 6.04 Å². The molecule has 0 aromatic carbocycles. The molecule has 1 aromatic heterocycles. The molecule has 1 atom stereocenters. The summed E-state index contributed by atoms with van der Waals surface area (Å²) in [5.74, 6) is 0.861. The molecule has 1 heterocycles. The van der Waals surface area contributed by atoms with Gasteiger partial charge in [0.1, 0.15) is 0 Å². The number of aromatic nitrogens is 2. The maximum Gasteiger partial charge on any atom is 0.0641 e. The molecule has 1 N–H and O–H groups in total. The van der Waals surface area contributed by atoms with E-state index in [4.69, 9.17) is 0 Å². The Morgan fingerprint density at radius 2 is 1.84 bits per heavy atom. The molecule has 108 valence electrons. The van der Waals surface area contributed by atoms with Crippen LogP contribution in [0.2, 0.25) is 0 Å². The molecule has 0 aliphatic heterocycles. The molecule has 0 saturated heterocycles. The topological polar surface area (TPSA) is 29.9 Å². The van der Waals surface area contributed by atoms with Crippen LogP contribution in [0, 0.1) is 19.8 Å². The van der Waals surface area contributed by atoms with E-state index in [0.717, 1.165) is 12.5 Å². The van der Waals surface area contributed by atoms with Gasteiger partial charge in [0.05, 0.1) is 5.69 Å². The minimum absolute atomic E-state index is 0.622. The van der Waals surface area contributed by atoms with Crippen molar-refractivity contribution in [2.75, 3.05) is 0 Å². The van der Waals surface area contributed by atoms with E-state index in [2.05, 4.69) is 31.2 Å². The van der Waals surface area contributed by atoms with Gasteiger partial charge in [0.2, 0.25) is 0 Å².